The summed E-state index contributed by atoms with van der Waals surface area (Å²) in [6.45, 7) is 5.88. The van der Waals surface area contributed by atoms with E-state index in [1.807, 2.05) is 20.8 Å². The maximum Gasteiger partial charge on any atom is 0.325 e. The number of hydrogen-bond donors (Lipinski definition) is 0. The predicted octanol–water partition coefficient (Wildman–Crippen LogP) is 1.96. The average molecular weight is 177 g/mol. The number of cyclic esters (lactones) is 1. The van der Waals surface area contributed by atoms with Crippen LogP contribution in [0.3, 0.4) is 0 Å². The fourth-order valence-corrected chi connectivity index (χ4v) is 1.60. The molecule has 64 valence electrons. The highest BCUT2D eigenvalue weighted by atomic mass is 35.5. The number of alkyl halides is 1. The molecule has 0 aromatic carbocycles. The summed E-state index contributed by atoms with van der Waals surface area (Å²) in [4.78, 5) is 11.0. The largest absolute Gasteiger partial charge is 0.458 e. The van der Waals surface area contributed by atoms with E-state index in [2.05, 4.69) is 0 Å². The maximum atomic E-state index is 11.0. The van der Waals surface area contributed by atoms with Crippen molar-refractivity contribution in [3.63, 3.8) is 0 Å². The summed E-state index contributed by atoms with van der Waals surface area (Å²) < 4.78 is 5.15. The molecule has 0 aromatic heterocycles. The normalized spacial score (nSPS) is 44.2. The van der Waals surface area contributed by atoms with Gasteiger partial charge in [-0.2, -0.15) is 0 Å². The molecule has 1 rings (SSSR count). The second-order valence-corrected chi connectivity index (χ2v) is 3.75. The summed E-state index contributed by atoms with van der Waals surface area (Å²) in [5.74, 6) is -0.162. The van der Waals surface area contributed by atoms with Gasteiger partial charge in [0.05, 0.1) is 0 Å². The maximum absolute atomic E-state index is 11.0. The first kappa shape index (κ1) is 8.85. The van der Waals surface area contributed by atoms with E-state index in [0.29, 0.717) is 0 Å². The molecule has 3 unspecified atom stereocenters. The Morgan fingerprint density at radius 2 is 2.27 bits per heavy atom. The van der Waals surface area contributed by atoms with Gasteiger partial charge in [-0.3, -0.25) is 4.79 Å². The first-order valence-corrected chi connectivity index (χ1v) is 4.32. The highest BCUT2D eigenvalue weighted by Gasteiger charge is 2.48. The van der Waals surface area contributed by atoms with Crippen LogP contribution in [-0.4, -0.2) is 16.9 Å². The van der Waals surface area contributed by atoms with E-state index in [0.717, 1.165) is 6.42 Å². The number of ether oxygens (including phenoxy) is 1. The van der Waals surface area contributed by atoms with E-state index in [1.165, 1.54) is 0 Å². The van der Waals surface area contributed by atoms with Crippen molar-refractivity contribution in [3.8, 4) is 0 Å². The van der Waals surface area contributed by atoms with Gasteiger partial charge in [0.2, 0.25) is 0 Å². The van der Waals surface area contributed by atoms with Crippen molar-refractivity contribution < 1.29 is 9.53 Å². The monoisotopic (exact) mass is 176 g/mol. The fourth-order valence-electron chi connectivity index (χ4n) is 1.29. The van der Waals surface area contributed by atoms with Crippen LogP contribution in [0.5, 0.6) is 0 Å². The smallest absolute Gasteiger partial charge is 0.325 e. The third-order valence-corrected chi connectivity index (χ3v) is 3.22. The fraction of sp³-hybridized carbons (Fsp3) is 0.875. The summed E-state index contributed by atoms with van der Waals surface area (Å²) in [7, 11) is 0. The van der Waals surface area contributed by atoms with Gasteiger partial charge in [-0.1, -0.05) is 13.8 Å². The van der Waals surface area contributed by atoms with Crippen molar-refractivity contribution in [2.75, 3.05) is 0 Å². The molecule has 0 radical (unpaired) electrons. The molecule has 2 nitrogen and oxygen atoms in total. The third kappa shape index (κ3) is 1.24. The zero-order valence-electron chi connectivity index (χ0n) is 7.06. The quantitative estimate of drug-likeness (QED) is 0.451. The molecule has 0 amide bonds. The van der Waals surface area contributed by atoms with Crippen LogP contribution in [0.15, 0.2) is 0 Å². The molecule has 0 aromatic rings. The number of esters is 1. The topological polar surface area (TPSA) is 26.3 Å². The molecule has 1 aliphatic heterocycles. The van der Waals surface area contributed by atoms with E-state index in [-0.39, 0.29) is 17.5 Å². The number of carbonyl (C=O) groups is 1. The molecule has 1 saturated heterocycles. The summed E-state index contributed by atoms with van der Waals surface area (Å²) >= 11 is 5.80. The Morgan fingerprint density at radius 3 is 2.45 bits per heavy atom. The van der Waals surface area contributed by atoms with Crippen LogP contribution < -0.4 is 0 Å². The zero-order valence-corrected chi connectivity index (χ0v) is 7.81. The van der Waals surface area contributed by atoms with Gasteiger partial charge in [0, 0.05) is 5.92 Å². The molecule has 0 aliphatic carbocycles. The summed E-state index contributed by atoms with van der Waals surface area (Å²) in [5, 5.41) is -0.458. The Balaban J connectivity index is 2.82. The average Bonchev–Trinajstić information content (AvgIpc) is 2.17. The molecule has 1 heterocycles. The van der Waals surface area contributed by atoms with Gasteiger partial charge < -0.3 is 4.74 Å². The van der Waals surface area contributed by atoms with Gasteiger partial charge in [0.1, 0.15) is 11.0 Å². The van der Waals surface area contributed by atoms with E-state index >= 15 is 0 Å². The predicted molar refractivity (Wildman–Crippen MR) is 43.6 cm³/mol. The lowest BCUT2D eigenvalue weighted by atomic mass is 9.88. The van der Waals surface area contributed by atoms with E-state index in [1.54, 1.807) is 0 Å². The van der Waals surface area contributed by atoms with Crippen molar-refractivity contribution in [1.29, 1.82) is 0 Å². The van der Waals surface area contributed by atoms with Gasteiger partial charge in [-0.05, 0) is 13.3 Å². The van der Waals surface area contributed by atoms with Crippen LogP contribution in [0.1, 0.15) is 27.2 Å². The van der Waals surface area contributed by atoms with Crippen LogP contribution in [0.25, 0.3) is 0 Å². The van der Waals surface area contributed by atoms with Crippen molar-refractivity contribution in [2.24, 2.45) is 5.92 Å². The zero-order chi connectivity index (χ0) is 8.65. The minimum atomic E-state index is -0.458. The Morgan fingerprint density at radius 1 is 1.73 bits per heavy atom. The minimum absolute atomic E-state index is 0.113. The Labute approximate surface area is 71.9 Å². The Bertz CT molecular complexity index is 181. The highest BCUT2D eigenvalue weighted by molar-refractivity contribution is 6.30. The van der Waals surface area contributed by atoms with Crippen molar-refractivity contribution in [1.82, 2.24) is 0 Å². The molecule has 3 atom stereocenters. The molecular formula is C8H13ClO2. The van der Waals surface area contributed by atoms with Crippen LogP contribution in [0.2, 0.25) is 0 Å². The van der Waals surface area contributed by atoms with E-state index < -0.39 is 5.38 Å². The minimum Gasteiger partial charge on any atom is -0.458 e. The number of carbonyl (C=O) groups excluding carboxylic acids is 1. The van der Waals surface area contributed by atoms with E-state index in [9.17, 15) is 4.79 Å². The SMILES string of the molecule is CCC1(C)OC(=O)C(Cl)C1C. The molecule has 11 heavy (non-hydrogen) atoms. The van der Waals surface area contributed by atoms with Crippen molar-refractivity contribution >= 4 is 17.6 Å². The molecule has 0 spiro atoms. The lowest BCUT2D eigenvalue weighted by Gasteiger charge is -2.25. The number of rotatable bonds is 1. The first-order chi connectivity index (χ1) is 5.01. The second kappa shape index (κ2) is 2.67. The Hall–Kier alpha value is -0.240. The van der Waals surface area contributed by atoms with Gasteiger partial charge in [-0.15, -0.1) is 11.6 Å². The molecule has 0 bridgehead atoms. The molecule has 1 aliphatic rings. The third-order valence-electron chi connectivity index (χ3n) is 2.66. The van der Waals surface area contributed by atoms with Crippen molar-refractivity contribution in [2.45, 2.75) is 38.2 Å². The standard InChI is InChI=1S/C8H13ClO2/c1-4-8(3)5(2)6(9)7(10)11-8/h5-6H,4H2,1-3H3. The van der Waals surface area contributed by atoms with Crippen LogP contribution in [-0.2, 0) is 9.53 Å². The molecule has 1 fully saturated rings. The van der Waals surface area contributed by atoms with Crippen LogP contribution in [0, 0.1) is 5.92 Å². The summed E-state index contributed by atoms with van der Waals surface area (Å²) in [6.07, 6.45) is 0.823. The second-order valence-electron chi connectivity index (χ2n) is 3.28. The lowest BCUT2D eigenvalue weighted by molar-refractivity contribution is -0.147. The van der Waals surface area contributed by atoms with Crippen LogP contribution >= 0.6 is 11.6 Å². The van der Waals surface area contributed by atoms with Gasteiger partial charge in [0.15, 0.2) is 0 Å². The number of hydrogen-bond acceptors (Lipinski definition) is 2. The lowest BCUT2D eigenvalue weighted by Crippen LogP contribution is -2.30. The first-order valence-electron chi connectivity index (χ1n) is 3.88. The summed E-state index contributed by atoms with van der Waals surface area (Å²) in [6, 6.07) is 0. The molecule has 0 saturated carbocycles. The van der Waals surface area contributed by atoms with Gasteiger partial charge >= 0.3 is 5.97 Å². The van der Waals surface area contributed by atoms with Crippen LogP contribution in [0.4, 0.5) is 0 Å². The number of halogens is 1. The van der Waals surface area contributed by atoms with E-state index in [4.69, 9.17) is 16.3 Å². The molecule has 3 heteroatoms. The van der Waals surface area contributed by atoms with Crippen molar-refractivity contribution in [3.05, 3.63) is 0 Å². The highest BCUT2D eigenvalue weighted by Crippen LogP contribution is 2.37. The summed E-state index contributed by atoms with van der Waals surface area (Å²) in [5.41, 5.74) is -0.344. The Kier molecular flexibility index (Phi) is 2.15. The van der Waals surface area contributed by atoms with Gasteiger partial charge in [0.25, 0.3) is 0 Å². The van der Waals surface area contributed by atoms with Gasteiger partial charge in [-0.25, -0.2) is 0 Å². The molecular weight excluding hydrogens is 164 g/mol. The molecule has 0 N–H and O–H groups in total.